The van der Waals surface area contributed by atoms with Crippen LogP contribution in [0.5, 0.6) is 0 Å². The van der Waals surface area contributed by atoms with E-state index in [4.69, 9.17) is 13.1 Å². The molecule has 2 fully saturated rings. The van der Waals surface area contributed by atoms with Crippen molar-refractivity contribution >= 4 is 0 Å². The van der Waals surface area contributed by atoms with Gasteiger partial charge >= 0.3 is 12.1 Å². The van der Waals surface area contributed by atoms with Crippen LogP contribution in [-0.2, 0) is 0 Å². The summed E-state index contributed by atoms with van der Waals surface area (Å²) < 4.78 is 0. The van der Waals surface area contributed by atoms with Gasteiger partial charge in [-0.15, -0.1) is 0 Å². The fourth-order valence-corrected chi connectivity index (χ4v) is 6.58. The largest absolute Gasteiger partial charge is 0.335 e. The number of nitriles is 2. The van der Waals surface area contributed by atoms with Crippen molar-refractivity contribution in [1.82, 2.24) is 0 Å². The Labute approximate surface area is 222 Å². The molecule has 0 bridgehead atoms. The Morgan fingerprint density at radius 3 is 1.61 bits per heavy atom. The first-order valence-electron chi connectivity index (χ1n) is 14.9. The summed E-state index contributed by atoms with van der Waals surface area (Å²) in [7, 11) is 0. The summed E-state index contributed by atoms with van der Waals surface area (Å²) in [6.45, 7) is 27.9. The van der Waals surface area contributed by atoms with Crippen molar-refractivity contribution in [2.75, 3.05) is 19.6 Å². The van der Waals surface area contributed by atoms with E-state index in [-0.39, 0.29) is 11.8 Å². The van der Waals surface area contributed by atoms with Crippen molar-refractivity contribution in [1.29, 1.82) is 10.5 Å². The number of nitrogens with one attached hydrogen (secondary N) is 1. The van der Waals surface area contributed by atoms with E-state index in [1.165, 1.54) is 83.8 Å². The van der Waals surface area contributed by atoms with Crippen LogP contribution >= 0.6 is 0 Å². The highest BCUT2D eigenvalue weighted by Crippen LogP contribution is 2.54. The van der Waals surface area contributed by atoms with Crippen LogP contribution in [0.1, 0.15) is 111 Å². The summed E-state index contributed by atoms with van der Waals surface area (Å²) in [5.74, 6) is 1.50. The number of hydrogen-bond donors (Lipinski definition) is 1. The van der Waals surface area contributed by atoms with E-state index in [1.807, 2.05) is 4.90 Å². The van der Waals surface area contributed by atoms with Crippen molar-refractivity contribution in [2.24, 2.45) is 29.6 Å². The number of hydrogen-bond acceptors (Lipinski definition) is 2. The van der Waals surface area contributed by atoms with Crippen molar-refractivity contribution < 1.29 is 4.90 Å². The van der Waals surface area contributed by atoms with Gasteiger partial charge in [0.25, 0.3) is 0 Å². The first kappa shape index (κ1) is 31.9. The van der Waals surface area contributed by atoms with Gasteiger partial charge in [-0.05, 0) is 56.3 Å². The second-order valence-electron chi connectivity index (χ2n) is 11.2. The van der Waals surface area contributed by atoms with E-state index < -0.39 is 12.1 Å². The van der Waals surface area contributed by atoms with Gasteiger partial charge in [0, 0.05) is 0 Å². The van der Waals surface area contributed by atoms with Crippen molar-refractivity contribution in [3.8, 4) is 12.1 Å². The third-order valence-corrected chi connectivity index (χ3v) is 8.68. The molecule has 1 N–H and O–H groups in total. The van der Waals surface area contributed by atoms with Gasteiger partial charge < -0.3 is 4.90 Å². The number of unbranched alkanes of at least 4 members (excludes halogenated alkanes) is 4. The summed E-state index contributed by atoms with van der Waals surface area (Å²) in [5.41, 5.74) is 0. The van der Waals surface area contributed by atoms with Gasteiger partial charge in [0.1, 0.15) is 0 Å². The Kier molecular flexibility index (Phi) is 16.9. The van der Waals surface area contributed by atoms with Crippen LogP contribution in [-0.4, -0.2) is 31.7 Å². The fourth-order valence-electron chi connectivity index (χ4n) is 6.58. The van der Waals surface area contributed by atoms with Gasteiger partial charge in [-0.25, -0.2) is 13.1 Å². The van der Waals surface area contributed by atoms with E-state index in [9.17, 15) is 10.5 Å². The lowest BCUT2D eigenvalue weighted by Gasteiger charge is -2.35. The maximum absolute atomic E-state index is 9.33. The summed E-state index contributed by atoms with van der Waals surface area (Å²) in [4.78, 5) is 8.90. The summed E-state index contributed by atoms with van der Waals surface area (Å²) in [6, 6.07) is 3.10. The molecule has 36 heavy (non-hydrogen) atoms. The van der Waals surface area contributed by atoms with Crippen molar-refractivity contribution in [3.63, 3.8) is 0 Å². The fraction of sp³-hybridized carbons (Fsp3) is 0.871. The molecule has 0 spiro atoms. The van der Waals surface area contributed by atoms with E-state index in [1.54, 1.807) is 0 Å². The van der Waals surface area contributed by atoms with Gasteiger partial charge in [0.15, 0.2) is 12.1 Å². The number of rotatable bonds is 14. The van der Waals surface area contributed by atoms with Crippen molar-refractivity contribution in [3.05, 3.63) is 22.8 Å². The normalized spacial score (nSPS) is 26.3. The second kappa shape index (κ2) is 19.1. The molecule has 2 rings (SSSR count). The van der Waals surface area contributed by atoms with Crippen LogP contribution in [0.15, 0.2) is 0 Å². The standard InChI is InChI=1S/C19H24N4.C12H27N/c1-4-5-6-13-7-8-14-15(9-13)17(19(12-21)23-3)10-16(14)18(11-20)22-2;1-4-7-10-13(11-8-5-2)12-9-6-3/h13-19H,4-10H2,1H3;4-12H2,1-3H3/p+1. The van der Waals surface area contributed by atoms with Crippen molar-refractivity contribution in [2.45, 2.75) is 123 Å². The molecule has 0 heterocycles. The van der Waals surface area contributed by atoms with E-state index in [0.717, 1.165) is 12.8 Å². The highest BCUT2D eigenvalue weighted by atomic mass is 15.1. The zero-order valence-electron chi connectivity index (χ0n) is 23.6. The smallest absolute Gasteiger partial charge is 0.310 e. The monoisotopic (exact) mass is 494 g/mol. The molecule has 5 nitrogen and oxygen atoms in total. The molecular weight excluding hydrogens is 442 g/mol. The molecule has 2 aliphatic carbocycles. The number of fused-ring (bicyclic) bond motifs is 1. The topological polar surface area (TPSA) is 60.7 Å². The van der Waals surface area contributed by atoms with Crippen LogP contribution in [0, 0.1) is 65.4 Å². The molecule has 0 radical (unpaired) electrons. The summed E-state index contributed by atoms with van der Waals surface area (Å²) in [6.07, 6.45) is 16.0. The minimum Gasteiger partial charge on any atom is -0.335 e. The van der Waals surface area contributed by atoms with E-state index in [2.05, 4.69) is 49.5 Å². The first-order chi connectivity index (χ1) is 17.5. The molecule has 7 unspecified atom stereocenters. The summed E-state index contributed by atoms with van der Waals surface area (Å²) in [5, 5.41) is 18.6. The van der Waals surface area contributed by atoms with Crippen LogP contribution < -0.4 is 4.90 Å². The third kappa shape index (κ3) is 10.1. The predicted molar refractivity (Wildman–Crippen MR) is 148 cm³/mol. The van der Waals surface area contributed by atoms with E-state index in [0.29, 0.717) is 24.2 Å². The first-order valence-corrected chi connectivity index (χ1v) is 14.9. The molecule has 0 aromatic rings. The van der Waals surface area contributed by atoms with Gasteiger partial charge in [-0.1, -0.05) is 72.6 Å². The molecule has 5 heteroatoms. The van der Waals surface area contributed by atoms with E-state index >= 15 is 0 Å². The Balaban J connectivity index is 0.000000426. The van der Waals surface area contributed by atoms with Crippen LogP contribution in [0.3, 0.4) is 0 Å². The molecule has 0 aromatic heterocycles. The SMILES string of the molecule is CCCC[NH+](CCCC)CCCC.[C-]#[N+]C(C#N)C1CC(C(C#N)[N+]#[C-])C2CC(CCCC)CCC12. The second-order valence-corrected chi connectivity index (χ2v) is 11.2. The van der Waals surface area contributed by atoms with Gasteiger partial charge in [0.05, 0.1) is 31.5 Å². The molecule has 7 atom stereocenters. The van der Waals surface area contributed by atoms with Gasteiger partial charge in [-0.2, -0.15) is 10.5 Å². The Morgan fingerprint density at radius 1 is 0.722 bits per heavy atom. The van der Waals surface area contributed by atoms with Crippen LogP contribution in [0.2, 0.25) is 0 Å². The molecular formula is C31H52N5+. The quantitative estimate of drug-likeness (QED) is 0.272. The molecule has 2 saturated carbocycles. The average molecular weight is 495 g/mol. The maximum Gasteiger partial charge on any atom is 0.310 e. The average Bonchev–Trinajstić information content (AvgIpc) is 3.27. The zero-order valence-corrected chi connectivity index (χ0v) is 23.6. The minimum atomic E-state index is -0.609. The Hall–Kier alpha value is -2.08. The molecule has 0 amide bonds. The third-order valence-electron chi connectivity index (χ3n) is 8.68. The van der Waals surface area contributed by atoms with Gasteiger partial charge in [-0.3, -0.25) is 9.69 Å². The van der Waals surface area contributed by atoms with Crippen LogP contribution in [0.25, 0.3) is 9.69 Å². The lowest BCUT2D eigenvalue weighted by molar-refractivity contribution is -0.900. The molecule has 0 aromatic carbocycles. The zero-order chi connectivity index (χ0) is 26.8. The Morgan fingerprint density at radius 2 is 1.19 bits per heavy atom. The van der Waals surface area contributed by atoms with Crippen LogP contribution in [0.4, 0.5) is 0 Å². The highest BCUT2D eigenvalue weighted by molar-refractivity contribution is 5.15. The highest BCUT2D eigenvalue weighted by Gasteiger charge is 2.54. The predicted octanol–water partition coefficient (Wildman–Crippen LogP) is 6.74. The minimum absolute atomic E-state index is 0.0505. The maximum atomic E-state index is 9.33. The molecule has 200 valence electrons. The van der Waals surface area contributed by atoms with Gasteiger partial charge in [0.2, 0.25) is 0 Å². The number of quaternary nitrogens is 1. The summed E-state index contributed by atoms with van der Waals surface area (Å²) >= 11 is 0. The number of nitrogens with zero attached hydrogens (tertiary/aromatic N) is 4. The molecule has 2 aliphatic rings. The lowest BCUT2D eigenvalue weighted by atomic mass is 9.68. The lowest BCUT2D eigenvalue weighted by Crippen LogP contribution is -3.12. The molecule has 0 saturated heterocycles. The molecule has 0 aliphatic heterocycles. The Bertz CT molecular complexity index is 704.